The lowest BCUT2D eigenvalue weighted by Gasteiger charge is -2.21. The molecule has 1 N–H and O–H groups in total. The zero-order valence-corrected chi connectivity index (χ0v) is 13.3. The zero-order chi connectivity index (χ0) is 15.0. The second-order valence-electron chi connectivity index (χ2n) is 6.98. The molecule has 0 aromatic carbocycles. The first-order valence-electron chi connectivity index (χ1n) is 7.70. The van der Waals surface area contributed by atoms with Crippen LogP contribution < -0.4 is 5.32 Å². The van der Waals surface area contributed by atoms with E-state index in [-0.39, 0.29) is 5.54 Å². The number of rotatable bonds is 4. The largest absolute Gasteiger partial charge is 0.308 e. The van der Waals surface area contributed by atoms with E-state index < -0.39 is 0 Å². The molecule has 2 aromatic heterocycles. The molecule has 2 heterocycles. The summed E-state index contributed by atoms with van der Waals surface area (Å²) < 4.78 is 1.89. The number of aromatic nitrogens is 3. The third-order valence-electron chi connectivity index (χ3n) is 3.83. The average Bonchev–Trinajstić information content (AvgIpc) is 3.14. The molecule has 0 saturated heterocycles. The zero-order valence-electron chi connectivity index (χ0n) is 13.3. The van der Waals surface area contributed by atoms with Crippen LogP contribution in [-0.2, 0) is 6.54 Å². The minimum Gasteiger partial charge on any atom is -0.308 e. The van der Waals surface area contributed by atoms with Gasteiger partial charge < -0.3 is 5.32 Å². The second kappa shape index (κ2) is 5.26. The monoisotopic (exact) mass is 284 g/mol. The molecule has 0 radical (unpaired) electrons. The Bertz CT molecular complexity index is 632. The highest BCUT2D eigenvalue weighted by Crippen LogP contribution is 2.38. The fourth-order valence-electron chi connectivity index (χ4n) is 2.31. The molecule has 0 spiro atoms. The van der Waals surface area contributed by atoms with Crippen LogP contribution in [-0.4, -0.2) is 20.3 Å². The van der Waals surface area contributed by atoms with Gasteiger partial charge in [-0.2, -0.15) is 5.10 Å². The molecule has 0 bridgehead atoms. The topological polar surface area (TPSA) is 42.7 Å². The molecule has 4 nitrogen and oxygen atoms in total. The Morgan fingerprint density at radius 1 is 1.24 bits per heavy atom. The lowest BCUT2D eigenvalue weighted by atomic mass is 10.1. The van der Waals surface area contributed by atoms with Crippen LogP contribution >= 0.6 is 0 Å². The summed E-state index contributed by atoms with van der Waals surface area (Å²) in [5.74, 6) is 1.58. The van der Waals surface area contributed by atoms with Crippen molar-refractivity contribution in [3.05, 3.63) is 41.3 Å². The Hall–Kier alpha value is -1.68. The summed E-state index contributed by atoms with van der Waals surface area (Å²) in [4.78, 5) is 4.70. The van der Waals surface area contributed by atoms with Crippen molar-refractivity contribution in [2.45, 2.75) is 58.5 Å². The molecule has 1 fully saturated rings. The van der Waals surface area contributed by atoms with Gasteiger partial charge in [-0.25, -0.2) is 9.67 Å². The molecular weight excluding hydrogens is 260 g/mol. The lowest BCUT2D eigenvalue weighted by molar-refractivity contribution is 0.423. The van der Waals surface area contributed by atoms with Crippen LogP contribution in [0.4, 0.5) is 0 Å². The second-order valence-corrected chi connectivity index (χ2v) is 6.98. The van der Waals surface area contributed by atoms with E-state index >= 15 is 0 Å². The number of pyridine rings is 1. The van der Waals surface area contributed by atoms with Crippen LogP contribution in [0.1, 0.15) is 56.5 Å². The van der Waals surface area contributed by atoms with Crippen molar-refractivity contribution in [2.24, 2.45) is 0 Å². The summed E-state index contributed by atoms with van der Waals surface area (Å²) in [6.07, 6.45) is 4.57. The molecule has 0 aliphatic heterocycles. The molecule has 1 saturated carbocycles. The predicted octanol–water partition coefficient (Wildman–Crippen LogP) is 3.34. The summed E-state index contributed by atoms with van der Waals surface area (Å²) in [6.45, 7) is 9.43. The van der Waals surface area contributed by atoms with E-state index in [0.29, 0.717) is 5.92 Å². The van der Waals surface area contributed by atoms with E-state index in [1.807, 2.05) is 10.9 Å². The summed E-state index contributed by atoms with van der Waals surface area (Å²) in [7, 11) is 0. The molecule has 0 amide bonds. The van der Waals surface area contributed by atoms with Gasteiger partial charge >= 0.3 is 0 Å². The molecular formula is C17H24N4. The first kappa shape index (κ1) is 14.3. The van der Waals surface area contributed by atoms with Crippen molar-refractivity contribution in [3.63, 3.8) is 0 Å². The van der Waals surface area contributed by atoms with Gasteiger partial charge in [0, 0.05) is 29.9 Å². The molecule has 1 aliphatic carbocycles. The Morgan fingerprint density at radius 2 is 2.00 bits per heavy atom. The molecule has 2 aromatic rings. The van der Waals surface area contributed by atoms with E-state index in [4.69, 9.17) is 4.98 Å². The highest BCUT2D eigenvalue weighted by molar-refractivity contribution is 5.30. The Labute approximate surface area is 126 Å². The van der Waals surface area contributed by atoms with E-state index in [0.717, 1.165) is 18.1 Å². The minimum atomic E-state index is 0.117. The summed E-state index contributed by atoms with van der Waals surface area (Å²) in [6, 6.07) is 6.31. The van der Waals surface area contributed by atoms with Gasteiger partial charge in [-0.15, -0.1) is 0 Å². The standard InChI is InChI=1S/C17H24N4/c1-12-14(11-18-17(2,3)4)7-8-16(19-12)21-10-9-15(20-21)13-5-6-13/h7-10,13,18H,5-6,11H2,1-4H3. The van der Waals surface area contributed by atoms with Crippen LogP contribution in [0.25, 0.3) is 5.82 Å². The summed E-state index contributed by atoms with van der Waals surface area (Å²) in [5, 5.41) is 8.14. The molecule has 112 valence electrons. The molecule has 0 atom stereocenters. The normalized spacial score (nSPS) is 15.4. The van der Waals surface area contributed by atoms with Gasteiger partial charge in [-0.05, 0) is 58.2 Å². The molecule has 21 heavy (non-hydrogen) atoms. The van der Waals surface area contributed by atoms with Crippen molar-refractivity contribution in [1.82, 2.24) is 20.1 Å². The highest BCUT2D eigenvalue weighted by atomic mass is 15.3. The molecule has 3 rings (SSSR count). The number of aryl methyl sites for hydroxylation is 1. The fraction of sp³-hybridized carbons (Fsp3) is 0.529. The highest BCUT2D eigenvalue weighted by Gasteiger charge is 2.26. The van der Waals surface area contributed by atoms with Gasteiger partial charge in [0.2, 0.25) is 0 Å². The first-order chi connectivity index (χ1) is 9.92. The smallest absolute Gasteiger partial charge is 0.153 e. The maximum atomic E-state index is 4.70. The van der Waals surface area contributed by atoms with Crippen LogP contribution in [0.5, 0.6) is 0 Å². The van der Waals surface area contributed by atoms with Gasteiger partial charge in [0.05, 0.1) is 5.69 Å². The number of hydrogen-bond acceptors (Lipinski definition) is 3. The van der Waals surface area contributed by atoms with Gasteiger partial charge in [0.15, 0.2) is 5.82 Å². The summed E-state index contributed by atoms with van der Waals surface area (Å²) in [5.41, 5.74) is 3.62. The number of nitrogens with one attached hydrogen (secondary N) is 1. The van der Waals surface area contributed by atoms with Crippen LogP contribution in [0, 0.1) is 6.92 Å². The third kappa shape index (κ3) is 3.50. The maximum Gasteiger partial charge on any atom is 0.153 e. The van der Waals surface area contributed by atoms with Crippen molar-refractivity contribution in [1.29, 1.82) is 0 Å². The van der Waals surface area contributed by atoms with E-state index in [1.165, 1.54) is 24.1 Å². The van der Waals surface area contributed by atoms with Gasteiger partial charge in [0.25, 0.3) is 0 Å². The number of hydrogen-bond donors (Lipinski definition) is 1. The van der Waals surface area contributed by atoms with E-state index in [9.17, 15) is 0 Å². The predicted molar refractivity (Wildman–Crippen MR) is 84.7 cm³/mol. The van der Waals surface area contributed by atoms with E-state index in [1.54, 1.807) is 0 Å². The first-order valence-corrected chi connectivity index (χ1v) is 7.70. The van der Waals surface area contributed by atoms with Crippen molar-refractivity contribution in [3.8, 4) is 5.82 Å². The quantitative estimate of drug-likeness (QED) is 0.936. The van der Waals surface area contributed by atoms with Crippen molar-refractivity contribution in [2.75, 3.05) is 0 Å². The van der Waals surface area contributed by atoms with Crippen molar-refractivity contribution >= 4 is 0 Å². The van der Waals surface area contributed by atoms with Crippen LogP contribution in [0.3, 0.4) is 0 Å². The molecule has 1 aliphatic rings. The summed E-state index contributed by atoms with van der Waals surface area (Å²) >= 11 is 0. The Balaban J connectivity index is 1.76. The van der Waals surface area contributed by atoms with Crippen LogP contribution in [0.2, 0.25) is 0 Å². The van der Waals surface area contributed by atoms with Crippen LogP contribution in [0.15, 0.2) is 24.4 Å². The van der Waals surface area contributed by atoms with Gasteiger partial charge in [-0.1, -0.05) is 6.07 Å². The number of nitrogens with zero attached hydrogens (tertiary/aromatic N) is 3. The van der Waals surface area contributed by atoms with E-state index in [2.05, 4.69) is 56.3 Å². The lowest BCUT2D eigenvalue weighted by Crippen LogP contribution is -2.35. The maximum absolute atomic E-state index is 4.70. The third-order valence-corrected chi connectivity index (χ3v) is 3.83. The van der Waals surface area contributed by atoms with Gasteiger partial charge in [-0.3, -0.25) is 0 Å². The Kier molecular flexibility index (Phi) is 3.57. The molecule has 4 heteroatoms. The Morgan fingerprint density at radius 3 is 2.62 bits per heavy atom. The SMILES string of the molecule is Cc1nc(-n2ccc(C3CC3)n2)ccc1CNC(C)(C)C. The van der Waals surface area contributed by atoms with Crippen molar-refractivity contribution < 1.29 is 0 Å². The molecule has 0 unspecified atom stereocenters. The minimum absolute atomic E-state index is 0.117. The average molecular weight is 284 g/mol. The van der Waals surface area contributed by atoms with Gasteiger partial charge in [0.1, 0.15) is 0 Å². The fourth-order valence-corrected chi connectivity index (χ4v) is 2.31.